The van der Waals surface area contributed by atoms with Crippen molar-refractivity contribution < 1.29 is 21.6 Å². The van der Waals surface area contributed by atoms with Gasteiger partial charge in [-0.05, 0) is 48.6 Å². The van der Waals surface area contributed by atoms with E-state index in [-0.39, 0.29) is 20.4 Å². The van der Waals surface area contributed by atoms with Crippen LogP contribution in [0.4, 0.5) is 5.69 Å². The van der Waals surface area contributed by atoms with Crippen LogP contribution >= 0.6 is 11.3 Å². The summed E-state index contributed by atoms with van der Waals surface area (Å²) in [5.41, 5.74) is 0.398. The molecule has 0 unspecified atom stereocenters. The highest BCUT2D eigenvalue weighted by molar-refractivity contribution is 7.91. The van der Waals surface area contributed by atoms with Gasteiger partial charge < -0.3 is 5.32 Å². The fourth-order valence-electron chi connectivity index (χ4n) is 3.01. The molecule has 2 aromatic rings. The largest absolute Gasteiger partial charge is 0.321 e. The van der Waals surface area contributed by atoms with Crippen LogP contribution in [0.2, 0.25) is 0 Å². The van der Waals surface area contributed by atoms with Crippen molar-refractivity contribution in [3.63, 3.8) is 0 Å². The lowest BCUT2D eigenvalue weighted by Gasteiger charge is -2.25. The van der Waals surface area contributed by atoms with Crippen LogP contribution in [0.25, 0.3) is 0 Å². The number of nitrogens with zero attached hydrogens (tertiary/aromatic N) is 1. The van der Waals surface area contributed by atoms with E-state index in [2.05, 4.69) is 5.32 Å². The molecule has 1 aromatic heterocycles. The minimum Gasteiger partial charge on any atom is -0.321 e. The van der Waals surface area contributed by atoms with Gasteiger partial charge in [-0.3, -0.25) is 4.79 Å². The average Bonchev–Trinajstić information content (AvgIpc) is 3.20. The summed E-state index contributed by atoms with van der Waals surface area (Å²) in [7, 11) is -7.03. The van der Waals surface area contributed by atoms with Crippen molar-refractivity contribution in [2.75, 3.05) is 24.2 Å². The second kappa shape index (κ2) is 8.32. The summed E-state index contributed by atoms with van der Waals surface area (Å²) in [6, 6.07) is 7.29. The third-order valence-electron chi connectivity index (χ3n) is 4.62. The molecule has 0 saturated carbocycles. The summed E-state index contributed by atoms with van der Waals surface area (Å²) in [5.74, 6) is -0.539. The molecule has 0 atom stereocenters. The molecule has 0 bridgehead atoms. The van der Waals surface area contributed by atoms with Gasteiger partial charge in [-0.15, -0.1) is 11.3 Å². The van der Waals surface area contributed by atoms with Crippen LogP contribution in [0, 0.1) is 0 Å². The van der Waals surface area contributed by atoms with Gasteiger partial charge in [0.2, 0.25) is 10.0 Å². The number of anilines is 1. The van der Waals surface area contributed by atoms with Gasteiger partial charge in [0.05, 0.1) is 10.6 Å². The molecule has 7 nitrogen and oxygen atoms in total. The molecule has 1 amide bonds. The van der Waals surface area contributed by atoms with Crippen LogP contribution in [0.3, 0.4) is 0 Å². The predicted molar refractivity (Wildman–Crippen MR) is 109 cm³/mol. The van der Waals surface area contributed by atoms with Crippen LogP contribution in [0.15, 0.2) is 45.5 Å². The fourth-order valence-corrected chi connectivity index (χ4v) is 6.71. The second-order valence-electron chi connectivity index (χ2n) is 6.46. The highest BCUT2D eigenvalue weighted by Gasteiger charge is 2.31. The third-order valence-corrected chi connectivity index (χ3v) is 9.35. The number of carbonyl (C=O) groups excluding carboxylic acids is 1. The quantitative estimate of drug-likeness (QED) is 0.741. The molecule has 2 heterocycles. The number of benzene rings is 1. The van der Waals surface area contributed by atoms with Crippen LogP contribution in [-0.2, 0) is 19.9 Å². The minimum absolute atomic E-state index is 0.00831. The molecule has 152 valence electrons. The molecule has 1 N–H and O–H groups in total. The number of hydrogen-bond acceptors (Lipinski definition) is 6. The van der Waals surface area contributed by atoms with Crippen LogP contribution in [0.5, 0.6) is 0 Å². The zero-order valence-corrected chi connectivity index (χ0v) is 17.9. The standard InChI is InChI=1S/C18H22N2O5S3/c1-2-27(22,23)15-8-6-14(7-9-15)19-18(21)17-16(10-13-26-17)28(24,25)20-11-4-3-5-12-20/h6-10,13H,2-5,11-12H2,1H3,(H,19,21). The first-order chi connectivity index (χ1) is 13.3. The second-order valence-corrected chi connectivity index (χ2v) is 11.6. The Labute approximate surface area is 169 Å². The Morgan fingerprint density at radius 3 is 2.29 bits per heavy atom. The molecule has 0 spiro atoms. The normalized spacial score (nSPS) is 16.0. The van der Waals surface area contributed by atoms with Crippen molar-refractivity contribution in [2.45, 2.75) is 36.0 Å². The summed E-state index contributed by atoms with van der Waals surface area (Å²) in [5, 5.41) is 4.24. The third kappa shape index (κ3) is 4.29. The van der Waals surface area contributed by atoms with Crippen LogP contribution in [-0.4, -0.2) is 45.9 Å². The number of thiophene rings is 1. The molecular formula is C18H22N2O5S3. The number of rotatable bonds is 6. The van der Waals surface area contributed by atoms with Gasteiger partial charge >= 0.3 is 0 Å². The lowest BCUT2D eigenvalue weighted by molar-refractivity contribution is 0.102. The maximum absolute atomic E-state index is 12.9. The Morgan fingerprint density at radius 1 is 1.04 bits per heavy atom. The smallest absolute Gasteiger partial charge is 0.267 e. The number of hydrogen-bond donors (Lipinski definition) is 1. The summed E-state index contributed by atoms with van der Waals surface area (Å²) < 4.78 is 51.0. The van der Waals surface area contributed by atoms with Gasteiger partial charge in [0.25, 0.3) is 5.91 Å². The van der Waals surface area contributed by atoms with Crippen LogP contribution < -0.4 is 5.32 Å². The SMILES string of the molecule is CCS(=O)(=O)c1ccc(NC(=O)c2sccc2S(=O)(=O)N2CCCCC2)cc1. The zero-order valence-electron chi connectivity index (χ0n) is 15.4. The Balaban J connectivity index is 1.80. The Kier molecular flexibility index (Phi) is 6.23. The summed E-state index contributed by atoms with van der Waals surface area (Å²) in [6.45, 7) is 2.49. The van der Waals surface area contributed by atoms with Crippen molar-refractivity contribution in [3.05, 3.63) is 40.6 Å². The average molecular weight is 443 g/mol. The molecular weight excluding hydrogens is 420 g/mol. The molecule has 1 aliphatic heterocycles. The fraction of sp³-hybridized carbons (Fsp3) is 0.389. The molecule has 1 aliphatic rings. The van der Waals surface area contributed by atoms with E-state index in [0.29, 0.717) is 18.8 Å². The van der Waals surface area contributed by atoms with Crippen molar-refractivity contribution in [1.29, 1.82) is 0 Å². The van der Waals surface area contributed by atoms with E-state index in [1.54, 1.807) is 12.3 Å². The van der Waals surface area contributed by atoms with Gasteiger partial charge in [-0.1, -0.05) is 13.3 Å². The summed E-state index contributed by atoms with van der Waals surface area (Å²) >= 11 is 1.07. The number of carbonyl (C=O) groups is 1. The maximum atomic E-state index is 12.9. The van der Waals surface area contributed by atoms with Crippen molar-refractivity contribution in [2.24, 2.45) is 0 Å². The van der Waals surface area contributed by atoms with Gasteiger partial charge in [-0.2, -0.15) is 4.31 Å². The highest BCUT2D eigenvalue weighted by Crippen LogP contribution is 2.28. The van der Waals surface area contributed by atoms with E-state index in [1.165, 1.54) is 34.6 Å². The van der Waals surface area contributed by atoms with Crippen molar-refractivity contribution in [1.82, 2.24) is 4.31 Å². The molecule has 0 radical (unpaired) electrons. The van der Waals surface area contributed by atoms with E-state index in [1.807, 2.05) is 0 Å². The lowest BCUT2D eigenvalue weighted by atomic mass is 10.2. The van der Waals surface area contributed by atoms with E-state index in [4.69, 9.17) is 0 Å². The number of nitrogens with one attached hydrogen (secondary N) is 1. The lowest BCUT2D eigenvalue weighted by Crippen LogP contribution is -2.36. The number of sulfone groups is 1. The number of sulfonamides is 1. The van der Waals surface area contributed by atoms with Gasteiger partial charge in [0.1, 0.15) is 9.77 Å². The summed E-state index contributed by atoms with van der Waals surface area (Å²) in [4.78, 5) is 13.0. The van der Waals surface area contributed by atoms with E-state index >= 15 is 0 Å². The van der Waals surface area contributed by atoms with E-state index in [9.17, 15) is 21.6 Å². The molecule has 0 aliphatic carbocycles. The number of piperidine rings is 1. The Bertz CT molecular complexity index is 1050. The van der Waals surface area contributed by atoms with Crippen molar-refractivity contribution >= 4 is 42.8 Å². The molecule has 3 rings (SSSR count). The van der Waals surface area contributed by atoms with Gasteiger partial charge in [0.15, 0.2) is 9.84 Å². The van der Waals surface area contributed by atoms with Crippen molar-refractivity contribution in [3.8, 4) is 0 Å². The maximum Gasteiger partial charge on any atom is 0.267 e. The topological polar surface area (TPSA) is 101 Å². The minimum atomic E-state index is -3.71. The molecule has 1 fully saturated rings. The Hall–Kier alpha value is -1.75. The highest BCUT2D eigenvalue weighted by atomic mass is 32.2. The predicted octanol–water partition coefficient (Wildman–Crippen LogP) is 2.97. The van der Waals surface area contributed by atoms with Crippen LogP contribution in [0.1, 0.15) is 35.9 Å². The molecule has 1 saturated heterocycles. The first kappa shape index (κ1) is 21.0. The number of amides is 1. The van der Waals surface area contributed by atoms with Gasteiger partial charge in [-0.25, -0.2) is 16.8 Å². The Morgan fingerprint density at radius 2 is 1.68 bits per heavy atom. The first-order valence-electron chi connectivity index (χ1n) is 8.97. The first-order valence-corrected chi connectivity index (χ1v) is 12.9. The van der Waals surface area contributed by atoms with E-state index < -0.39 is 25.8 Å². The molecule has 1 aromatic carbocycles. The monoisotopic (exact) mass is 442 g/mol. The molecule has 28 heavy (non-hydrogen) atoms. The zero-order chi connectivity index (χ0) is 20.4. The van der Waals surface area contributed by atoms with Gasteiger partial charge in [0, 0.05) is 18.8 Å². The summed E-state index contributed by atoms with van der Waals surface area (Å²) in [6.07, 6.45) is 2.64. The molecule has 10 heteroatoms. The van der Waals surface area contributed by atoms with E-state index in [0.717, 1.165) is 30.6 Å².